The highest BCUT2D eigenvalue weighted by Gasteiger charge is 2.31. The molecule has 0 aromatic heterocycles. The summed E-state index contributed by atoms with van der Waals surface area (Å²) in [5.41, 5.74) is 1.58. The number of likely N-dealkylation sites (tertiary alicyclic amines) is 1. The number of piperidine rings is 1. The molecule has 1 aliphatic rings. The van der Waals surface area contributed by atoms with Gasteiger partial charge in [0.1, 0.15) is 11.6 Å². The first-order valence-electron chi connectivity index (χ1n) is 11.0. The summed E-state index contributed by atoms with van der Waals surface area (Å²) in [5, 5.41) is 3.17. The molecule has 2 aromatic rings. The minimum Gasteiger partial charge on any atom is -0.355 e. The van der Waals surface area contributed by atoms with Gasteiger partial charge >= 0.3 is 0 Å². The Hall–Kier alpha value is -1.98. The molecule has 1 N–H and O–H groups in total. The van der Waals surface area contributed by atoms with E-state index in [-0.39, 0.29) is 41.3 Å². The minimum absolute atomic E-state index is 0. The third-order valence-electron chi connectivity index (χ3n) is 6.72. The highest BCUT2D eigenvalue weighted by atomic mass is 35.5. The van der Waals surface area contributed by atoms with Gasteiger partial charge in [-0.2, -0.15) is 0 Å². The summed E-state index contributed by atoms with van der Waals surface area (Å²) in [4.78, 5) is 15.0. The van der Waals surface area contributed by atoms with Gasteiger partial charge in [0.05, 0.1) is 0 Å². The molecular formula is C25H33ClF2N2O. The number of nitrogens with zero attached hydrogens (tertiary/aromatic N) is 1. The fourth-order valence-electron chi connectivity index (χ4n) is 4.44. The van der Waals surface area contributed by atoms with Gasteiger partial charge < -0.3 is 5.32 Å². The van der Waals surface area contributed by atoms with E-state index in [1.807, 2.05) is 24.3 Å². The Morgan fingerprint density at radius 3 is 2.23 bits per heavy atom. The molecule has 170 valence electrons. The van der Waals surface area contributed by atoms with Crippen molar-refractivity contribution >= 4 is 18.3 Å². The smallest absolute Gasteiger partial charge is 0.223 e. The monoisotopic (exact) mass is 450 g/mol. The summed E-state index contributed by atoms with van der Waals surface area (Å²) < 4.78 is 27.2. The van der Waals surface area contributed by atoms with Crippen LogP contribution in [0.4, 0.5) is 8.78 Å². The van der Waals surface area contributed by atoms with Crippen LogP contribution in [0.2, 0.25) is 0 Å². The first-order valence-corrected chi connectivity index (χ1v) is 11.0. The van der Waals surface area contributed by atoms with Crippen molar-refractivity contribution in [2.75, 3.05) is 19.6 Å². The van der Waals surface area contributed by atoms with Crippen LogP contribution in [-0.4, -0.2) is 30.4 Å². The second-order valence-electron chi connectivity index (χ2n) is 8.35. The van der Waals surface area contributed by atoms with Crippen LogP contribution >= 0.6 is 12.4 Å². The summed E-state index contributed by atoms with van der Waals surface area (Å²) in [7, 11) is 0. The molecule has 1 aliphatic heterocycles. The van der Waals surface area contributed by atoms with Gasteiger partial charge in [0.25, 0.3) is 0 Å². The molecular weight excluding hydrogens is 418 g/mol. The number of rotatable bonds is 8. The predicted molar refractivity (Wildman–Crippen MR) is 123 cm³/mol. The van der Waals surface area contributed by atoms with E-state index in [1.165, 1.54) is 18.2 Å². The van der Waals surface area contributed by atoms with E-state index in [2.05, 4.69) is 24.1 Å². The fraction of sp³-hybridized carbons (Fsp3) is 0.480. The number of hydrogen-bond acceptors (Lipinski definition) is 2. The van der Waals surface area contributed by atoms with E-state index in [0.29, 0.717) is 18.7 Å². The zero-order chi connectivity index (χ0) is 21.6. The van der Waals surface area contributed by atoms with Crippen LogP contribution in [0.25, 0.3) is 0 Å². The number of benzene rings is 2. The number of halogens is 3. The minimum atomic E-state index is -0.244. The first-order chi connectivity index (χ1) is 14.5. The molecule has 0 aliphatic carbocycles. The van der Waals surface area contributed by atoms with Gasteiger partial charge in [-0.3, -0.25) is 9.69 Å². The van der Waals surface area contributed by atoms with Crippen molar-refractivity contribution in [3.63, 3.8) is 0 Å². The molecule has 0 bridgehead atoms. The normalized spacial score (nSPS) is 15.4. The van der Waals surface area contributed by atoms with E-state index < -0.39 is 0 Å². The molecule has 31 heavy (non-hydrogen) atoms. The maximum absolute atomic E-state index is 13.9. The maximum atomic E-state index is 13.9. The summed E-state index contributed by atoms with van der Waals surface area (Å²) >= 11 is 0. The summed E-state index contributed by atoms with van der Waals surface area (Å²) in [5.74, 6) is -0.338. The molecule has 2 aromatic carbocycles. The number of carbonyl (C=O) groups excluding carboxylic acids is 1. The molecule has 6 heteroatoms. The Kier molecular flexibility index (Phi) is 9.45. The Labute approximate surface area is 190 Å². The molecule has 1 fully saturated rings. The van der Waals surface area contributed by atoms with Crippen molar-refractivity contribution in [3.8, 4) is 0 Å². The topological polar surface area (TPSA) is 32.3 Å². The first kappa shape index (κ1) is 25.3. The molecule has 1 heterocycles. The van der Waals surface area contributed by atoms with E-state index in [0.717, 1.165) is 44.3 Å². The second-order valence-corrected chi connectivity index (χ2v) is 8.35. The fourth-order valence-corrected chi connectivity index (χ4v) is 4.44. The van der Waals surface area contributed by atoms with E-state index in [9.17, 15) is 13.6 Å². The molecule has 0 unspecified atom stereocenters. The summed E-state index contributed by atoms with van der Waals surface area (Å²) in [6.45, 7) is 6.94. The third-order valence-corrected chi connectivity index (χ3v) is 6.72. The van der Waals surface area contributed by atoms with Crippen molar-refractivity contribution in [3.05, 3.63) is 71.3 Å². The molecule has 3 nitrogen and oxygen atoms in total. The quantitative estimate of drug-likeness (QED) is 0.578. The summed E-state index contributed by atoms with van der Waals surface area (Å²) in [6, 6.07) is 13.5. The molecule has 0 atom stereocenters. The van der Waals surface area contributed by atoms with E-state index in [1.54, 1.807) is 6.07 Å². The van der Waals surface area contributed by atoms with Crippen LogP contribution in [0.5, 0.6) is 0 Å². The Morgan fingerprint density at radius 2 is 1.65 bits per heavy atom. The Morgan fingerprint density at radius 1 is 1.03 bits per heavy atom. The van der Waals surface area contributed by atoms with Gasteiger partial charge in [-0.15, -0.1) is 12.4 Å². The van der Waals surface area contributed by atoms with Gasteiger partial charge in [-0.1, -0.05) is 44.2 Å². The maximum Gasteiger partial charge on any atom is 0.223 e. The van der Waals surface area contributed by atoms with Gasteiger partial charge in [-0.25, -0.2) is 8.78 Å². The number of amides is 1. The van der Waals surface area contributed by atoms with Gasteiger partial charge in [0, 0.05) is 30.0 Å². The van der Waals surface area contributed by atoms with Gasteiger partial charge in [0.2, 0.25) is 5.91 Å². The number of hydrogen-bond donors (Lipinski definition) is 1. The van der Waals surface area contributed by atoms with Crippen molar-refractivity contribution in [1.82, 2.24) is 10.2 Å². The van der Waals surface area contributed by atoms with Crippen LogP contribution < -0.4 is 5.32 Å². The van der Waals surface area contributed by atoms with E-state index in [4.69, 9.17) is 0 Å². The lowest BCUT2D eigenvalue weighted by Gasteiger charge is -2.35. The predicted octanol–water partition coefficient (Wildman–Crippen LogP) is 5.47. The standard InChI is InChI=1S/C25H32F2N2O.ClH/c1-3-25(4-2,21-9-11-22(26)12-10-21)18-28-24(30)19-13-15-29(16-14-19)17-20-7-5-6-8-23(20)27;/h5-12,19H,3-4,13-18H2,1-2H3,(H,28,30);1H. The van der Waals surface area contributed by atoms with Crippen molar-refractivity contribution in [1.29, 1.82) is 0 Å². The van der Waals surface area contributed by atoms with Crippen LogP contribution in [-0.2, 0) is 16.8 Å². The second kappa shape index (κ2) is 11.6. The highest BCUT2D eigenvalue weighted by molar-refractivity contribution is 5.85. The van der Waals surface area contributed by atoms with Gasteiger partial charge in [-0.05, 0) is 62.5 Å². The zero-order valence-electron chi connectivity index (χ0n) is 18.4. The van der Waals surface area contributed by atoms with Crippen LogP contribution in [0.1, 0.15) is 50.7 Å². The molecule has 0 saturated carbocycles. The number of carbonyl (C=O) groups is 1. The largest absolute Gasteiger partial charge is 0.355 e. The molecule has 0 radical (unpaired) electrons. The highest BCUT2D eigenvalue weighted by Crippen LogP contribution is 2.31. The Bertz CT molecular complexity index is 832. The lowest BCUT2D eigenvalue weighted by atomic mass is 9.75. The van der Waals surface area contributed by atoms with E-state index >= 15 is 0 Å². The van der Waals surface area contributed by atoms with Gasteiger partial charge in [0.15, 0.2) is 0 Å². The molecule has 3 rings (SSSR count). The average molecular weight is 451 g/mol. The van der Waals surface area contributed by atoms with Crippen molar-refractivity contribution in [2.45, 2.75) is 51.5 Å². The lowest BCUT2D eigenvalue weighted by Crippen LogP contribution is -2.45. The summed E-state index contributed by atoms with van der Waals surface area (Å²) in [6.07, 6.45) is 3.30. The average Bonchev–Trinajstić information content (AvgIpc) is 2.77. The number of nitrogens with one attached hydrogen (secondary N) is 1. The molecule has 0 spiro atoms. The van der Waals surface area contributed by atoms with Crippen molar-refractivity contribution < 1.29 is 13.6 Å². The molecule has 1 saturated heterocycles. The zero-order valence-corrected chi connectivity index (χ0v) is 19.2. The van der Waals surface area contributed by atoms with Crippen LogP contribution in [0.15, 0.2) is 48.5 Å². The SMILES string of the molecule is CCC(CC)(CNC(=O)C1CCN(Cc2ccccc2F)CC1)c1ccc(F)cc1.Cl. The molecule has 1 amide bonds. The Balaban J connectivity index is 0.00000341. The third kappa shape index (κ3) is 6.27. The van der Waals surface area contributed by atoms with Crippen molar-refractivity contribution in [2.24, 2.45) is 5.92 Å². The van der Waals surface area contributed by atoms with Crippen LogP contribution in [0.3, 0.4) is 0 Å². The lowest BCUT2D eigenvalue weighted by molar-refractivity contribution is -0.126. The van der Waals surface area contributed by atoms with Crippen LogP contribution in [0, 0.1) is 17.6 Å².